The average molecular weight is 436 g/mol. The molecule has 1 aromatic carbocycles. The number of aromatic nitrogens is 1. The van der Waals surface area contributed by atoms with Crippen LogP contribution in [0, 0.1) is 5.92 Å². The first kappa shape index (κ1) is 21.1. The van der Waals surface area contributed by atoms with Crippen molar-refractivity contribution in [2.24, 2.45) is 5.92 Å². The highest BCUT2D eigenvalue weighted by molar-refractivity contribution is 7.09. The topological polar surface area (TPSA) is 37.8 Å². The zero-order chi connectivity index (χ0) is 20.2. The van der Waals surface area contributed by atoms with E-state index in [9.17, 15) is 0 Å². The molecule has 7 heteroatoms. The highest BCUT2D eigenvalue weighted by Gasteiger charge is 2.34. The smallest absolute Gasteiger partial charge is 0.102 e. The lowest BCUT2D eigenvalue weighted by Gasteiger charge is -2.29. The molecular formula is C22H30ClN3O2S. The molecule has 1 saturated heterocycles. The molecule has 0 spiro atoms. The molecule has 158 valence electrons. The van der Waals surface area contributed by atoms with Crippen molar-refractivity contribution in [1.29, 1.82) is 0 Å². The van der Waals surface area contributed by atoms with Crippen LogP contribution in [-0.2, 0) is 16.0 Å². The van der Waals surface area contributed by atoms with Crippen molar-refractivity contribution in [1.82, 2.24) is 9.88 Å². The van der Waals surface area contributed by atoms with Gasteiger partial charge >= 0.3 is 0 Å². The lowest BCUT2D eigenvalue weighted by molar-refractivity contribution is 0.0683. The lowest BCUT2D eigenvalue weighted by atomic mass is 10.00. The van der Waals surface area contributed by atoms with E-state index >= 15 is 0 Å². The van der Waals surface area contributed by atoms with Crippen LogP contribution in [0.2, 0.25) is 5.02 Å². The Morgan fingerprint density at radius 2 is 2.17 bits per heavy atom. The van der Waals surface area contributed by atoms with Gasteiger partial charge in [0.2, 0.25) is 0 Å². The summed E-state index contributed by atoms with van der Waals surface area (Å²) in [4.78, 5) is 9.74. The first-order valence-corrected chi connectivity index (χ1v) is 11.6. The summed E-state index contributed by atoms with van der Waals surface area (Å²) in [5, 5.41) is 4.25. The van der Waals surface area contributed by atoms with Gasteiger partial charge in [-0.1, -0.05) is 23.7 Å². The molecule has 0 radical (unpaired) electrons. The maximum absolute atomic E-state index is 6.66. The number of para-hydroxylation sites is 1. The monoisotopic (exact) mass is 435 g/mol. The summed E-state index contributed by atoms with van der Waals surface area (Å²) in [5.74, 6) is 0.972. The molecule has 2 aliphatic rings. The Hall–Kier alpha value is -1.18. The molecule has 4 rings (SSSR count). The molecule has 0 saturated carbocycles. The maximum Gasteiger partial charge on any atom is 0.102 e. The summed E-state index contributed by atoms with van der Waals surface area (Å²) in [6.45, 7) is 6.26. The minimum absolute atomic E-state index is 0.298. The van der Waals surface area contributed by atoms with Crippen molar-refractivity contribution in [2.75, 3.05) is 58.5 Å². The molecule has 5 nitrogen and oxygen atoms in total. The van der Waals surface area contributed by atoms with Crippen LogP contribution in [-0.4, -0.2) is 63.5 Å². The highest BCUT2D eigenvalue weighted by Crippen LogP contribution is 2.45. The fourth-order valence-corrected chi connectivity index (χ4v) is 5.55. The number of benzene rings is 1. The molecule has 29 heavy (non-hydrogen) atoms. The third-order valence-electron chi connectivity index (χ3n) is 5.91. The van der Waals surface area contributed by atoms with Gasteiger partial charge in [0.05, 0.1) is 28.9 Å². The van der Waals surface area contributed by atoms with Crippen molar-refractivity contribution >= 4 is 28.6 Å². The van der Waals surface area contributed by atoms with Crippen LogP contribution in [0.25, 0.3) is 0 Å². The van der Waals surface area contributed by atoms with Crippen LogP contribution in [0.5, 0.6) is 0 Å². The second-order valence-corrected chi connectivity index (χ2v) is 9.40. The van der Waals surface area contributed by atoms with Crippen molar-refractivity contribution in [3.63, 3.8) is 0 Å². The van der Waals surface area contributed by atoms with E-state index < -0.39 is 0 Å². The van der Waals surface area contributed by atoms with Gasteiger partial charge in [-0.2, -0.15) is 0 Å². The molecule has 2 aromatic rings. The van der Waals surface area contributed by atoms with Crippen molar-refractivity contribution < 1.29 is 9.47 Å². The van der Waals surface area contributed by atoms with Gasteiger partial charge < -0.3 is 14.4 Å². The summed E-state index contributed by atoms with van der Waals surface area (Å²) in [6, 6.07) is 6.30. The lowest BCUT2D eigenvalue weighted by Crippen LogP contribution is -2.32. The van der Waals surface area contributed by atoms with Crippen molar-refractivity contribution in [3.05, 3.63) is 44.9 Å². The molecule has 1 fully saturated rings. The third kappa shape index (κ3) is 4.94. The molecule has 1 aromatic heterocycles. The number of likely N-dealkylation sites (N-methyl/N-ethyl adjacent to an activating group) is 1. The first-order valence-electron chi connectivity index (χ1n) is 10.4. The van der Waals surface area contributed by atoms with Gasteiger partial charge in [0, 0.05) is 51.9 Å². The molecule has 0 N–H and O–H groups in total. The fraction of sp³-hybridized carbons (Fsp3) is 0.591. The average Bonchev–Trinajstić information content (AvgIpc) is 3.32. The van der Waals surface area contributed by atoms with Gasteiger partial charge in [0.25, 0.3) is 0 Å². The normalized spacial score (nSPS) is 19.9. The Bertz CT molecular complexity index is 809. The summed E-state index contributed by atoms with van der Waals surface area (Å²) in [5.41, 5.74) is 3.66. The highest BCUT2D eigenvalue weighted by atomic mass is 35.5. The Kier molecular flexibility index (Phi) is 7.08. The Balaban J connectivity index is 1.50. The number of methoxy groups -OCH3 is 1. The number of nitrogens with zero attached hydrogens (tertiary/aromatic N) is 3. The molecular weight excluding hydrogens is 406 g/mol. The number of rotatable bonds is 8. The minimum atomic E-state index is 0.298. The third-order valence-corrected chi connectivity index (χ3v) is 7.22. The number of anilines is 1. The van der Waals surface area contributed by atoms with E-state index in [1.807, 2.05) is 6.07 Å². The van der Waals surface area contributed by atoms with Crippen molar-refractivity contribution in [3.8, 4) is 0 Å². The Morgan fingerprint density at radius 3 is 2.97 bits per heavy atom. The van der Waals surface area contributed by atoms with Gasteiger partial charge in [-0.05, 0) is 37.4 Å². The van der Waals surface area contributed by atoms with E-state index in [0.717, 1.165) is 69.6 Å². The van der Waals surface area contributed by atoms with Crippen LogP contribution in [0.1, 0.15) is 35.0 Å². The van der Waals surface area contributed by atoms with Crippen LogP contribution in [0.3, 0.4) is 0 Å². The maximum atomic E-state index is 6.66. The minimum Gasteiger partial charge on any atom is -0.383 e. The SMILES string of the molecule is COCCN(C)Cc1csc(C2CN(CC3CCOCC3)c3c(Cl)cccc32)n1. The Morgan fingerprint density at radius 1 is 1.34 bits per heavy atom. The summed E-state index contributed by atoms with van der Waals surface area (Å²) in [7, 11) is 3.85. The van der Waals surface area contributed by atoms with E-state index in [1.54, 1.807) is 18.4 Å². The molecule has 2 aliphatic heterocycles. The zero-order valence-electron chi connectivity index (χ0n) is 17.3. The molecule has 1 unspecified atom stereocenters. The number of hydrogen-bond acceptors (Lipinski definition) is 6. The van der Waals surface area contributed by atoms with Crippen LogP contribution in [0.4, 0.5) is 5.69 Å². The Labute approximate surface area is 182 Å². The molecule has 0 bridgehead atoms. The first-order chi connectivity index (χ1) is 14.2. The summed E-state index contributed by atoms with van der Waals surface area (Å²) < 4.78 is 10.7. The predicted octanol–water partition coefficient (Wildman–Crippen LogP) is 4.25. The largest absolute Gasteiger partial charge is 0.383 e. The van der Waals surface area contributed by atoms with E-state index in [0.29, 0.717) is 11.8 Å². The number of hydrogen-bond donors (Lipinski definition) is 0. The quantitative estimate of drug-likeness (QED) is 0.619. The number of fused-ring (bicyclic) bond motifs is 1. The van der Waals surface area contributed by atoms with Crippen LogP contribution >= 0.6 is 22.9 Å². The molecule has 0 aliphatic carbocycles. The van der Waals surface area contributed by atoms with E-state index in [2.05, 4.69) is 34.4 Å². The van der Waals surface area contributed by atoms with Gasteiger partial charge in [0.15, 0.2) is 0 Å². The van der Waals surface area contributed by atoms with E-state index in [4.69, 9.17) is 26.1 Å². The van der Waals surface area contributed by atoms with Gasteiger partial charge in [0.1, 0.15) is 5.01 Å². The summed E-state index contributed by atoms with van der Waals surface area (Å²) >= 11 is 8.43. The van der Waals surface area contributed by atoms with Crippen LogP contribution < -0.4 is 4.90 Å². The molecule has 1 atom stereocenters. The predicted molar refractivity (Wildman–Crippen MR) is 119 cm³/mol. The standard InChI is InChI=1S/C22H30ClN3O2S/c1-25(8-11-27-2)13-17-15-29-22(24-17)19-14-26(12-16-6-9-28-10-7-16)21-18(19)4-3-5-20(21)23/h3-5,15-16,19H,6-14H2,1-2H3. The molecule has 0 amide bonds. The second kappa shape index (κ2) is 9.75. The van der Waals surface area contributed by atoms with Crippen molar-refractivity contribution in [2.45, 2.75) is 25.3 Å². The van der Waals surface area contributed by atoms with E-state index in [-0.39, 0.29) is 0 Å². The van der Waals surface area contributed by atoms with Gasteiger partial charge in [-0.15, -0.1) is 11.3 Å². The van der Waals surface area contributed by atoms with Gasteiger partial charge in [-0.3, -0.25) is 4.90 Å². The number of halogens is 1. The second-order valence-electron chi connectivity index (χ2n) is 8.10. The molecule has 3 heterocycles. The van der Waals surface area contributed by atoms with Gasteiger partial charge in [-0.25, -0.2) is 4.98 Å². The number of ether oxygens (including phenoxy) is 2. The zero-order valence-corrected chi connectivity index (χ0v) is 18.8. The summed E-state index contributed by atoms with van der Waals surface area (Å²) in [6.07, 6.45) is 2.27. The number of thiazole rings is 1. The van der Waals surface area contributed by atoms with E-state index in [1.165, 1.54) is 16.3 Å². The van der Waals surface area contributed by atoms with Crippen LogP contribution in [0.15, 0.2) is 23.6 Å². The fourth-order valence-electron chi connectivity index (χ4n) is 4.33.